The Hall–Kier alpha value is -1.33. The number of aryl methyl sites for hydroxylation is 1. The Bertz CT molecular complexity index is 481. The summed E-state index contributed by atoms with van der Waals surface area (Å²) in [4.78, 5) is 14.1. The molecular weight excluding hydrogens is 244 g/mol. The zero-order valence-electron chi connectivity index (χ0n) is 12.0. The van der Waals surface area contributed by atoms with E-state index in [-0.39, 0.29) is 12.0 Å². The SMILES string of the molecule is CCOC1CN(C(=O)c2cc(C)n(C)c2C)CC1O. The highest BCUT2D eigenvalue weighted by Crippen LogP contribution is 2.20. The quantitative estimate of drug-likeness (QED) is 0.883. The van der Waals surface area contributed by atoms with Gasteiger partial charge in [0.2, 0.25) is 0 Å². The van der Waals surface area contributed by atoms with Crippen LogP contribution >= 0.6 is 0 Å². The number of aliphatic hydroxyl groups excluding tert-OH is 1. The van der Waals surface area contributed by atoms with E-state index >= 15 is 0 Å². The van der Waals surface area contributed by atoms with E-state index in [4.69, 9.17) is 4.74 Å². The highest BCUT2D eigenvalue weighted by atomic mass is 16.5. The number of carbonyl (C=O) groups excluding carboxylic acids is 1. The maximum atomic E-state index is 12.5. The molecule has 5 nitrogen and oxygen atoms in total. The Morgan fingerprint density at radius 1 is 1.47 bits per heavy atom. The standard InChI is InChI=1S/C14H22N2O3/c1-5-19-13-8-16(7-12(13)17)14(18)11-6-9(2)15(4)10(11)3/h6,12-13,17H,5,7-8H2,1-4H3. The molecule has 2 heterocycles. The van der Waals surface area contributed by atoms with Crippen LogP contribution in [-0.2, 0) is 11.8 Å². The molecule has 5 heteroatoms. The molecule has 0 radical (unpaired) electrons. The molecule has 1 amide bonds. The van der Waals surface area contributed by atoms with E-state index in [1.807, 2.05) is 38.5 Å². The predicted octanol–water partition coefficient (Wildman–Crippen LogP) is 0.864. The van der Waals surface area contributed by atoms with Gasteiger partial charge < -0.3 is 19.3 Å². The van der Waals surface area contributed by atoms with Crippen LogP contribution in [0.2, 0.25) is 0 Å². The third kappa shape index (κ3) is 2.53. The zero-order chi connectivity index (χ0) is 14.2. The van der Waals surface area contributed by atoms with E-state index < -0.39 is 6.10 Å². The van der Waals surface area contributed by atoms with Gasteiger partial charge in [-0.05, 0) is 26.8 Å². The van der Waals surface area contributed by atoms with E-state index in [2.05, 4.69) is 0 Å². The molecule has 1 fully saturated rings. The lowest BCUT2D eigenvalue weighted by Crippen LogP contribution is -2.30. The minimum Gasteiger partial charge on any atom is -0.388 e. The van der Waals surface area contributed by atoms with Gasteiger partial charge in [0.15, 0.2) is 0 Å². The number of likely N-dealkylation sites (tertiary alicyclic amines) is 1. The second-order valence-corrected chi connectivity index (χ2v) is 5.12. The number of β-amino-alcohol motifs (C(OH)–C–C–N with tert-alkyl or cyclic N) is 1. The average molecular weight is 266 g/mol. The van der Waals surface area contributed by atoms with Crippen LogP contribution in [0.4, 0.5) is 0 Å². The molecule has 0 aliphatic carbocycles. The fourth-order valence-electron chi connectivity index (χ4n) is 2.54. The summed E-state index contributed by atoms with van der Waals surface area (Å²) in [7, 11) is 1.95. The molecule has 2 rings (SSSR count). The molecule has 0 aromatic carbocycles. The van der Waals surface area contributed by atoms with Crippen molar-refractivity contribution in [2.24, 2.45) is 7.05 Å². The molecule has 1 aromatic rings. The molecule has 106 valence electrons. The van der Waals surface area contributed by atoms with Crippen LogP contribution in [0.25, 0.3) is 0 Å². The van der Waals surface area contributed by atoms with Gasteiger partial charge in [-0.15, -0.1) is 0 Å². The summed E-state index contributed by atoms with van der Waals surface area (Å²) in [5.41, 5.74) is 2.73. The molecule has 2 unspecified atom stereocenters. The summed E-state index contributed by atoms with van der Waals surface area (Å²) in [5.74, 6) is -0.0255. The van der Waals surface area contributed by atoms with Crippen LogP contribution < -0.4 is 0 Å². The maximum absolute atomic E-state index is 12.5. The van der Waals surface area contributed by atoms with Crippen molar-refractivity contribution >= 4 is 5.91 Å². The second kappa shape index (κ2) is 5.35. The summed E-state index contributed by atoms with van der Waals surface area (Å²) >= 11 is 0. The number of aromatic nitrogens is 1. The molecular formula is C14H22N2O3. The first kappa shape index (κ1) is 14.1. The maximum Gasteiger partial charge on any atom is 0.255 e. The van der Waals surface area contributed by atoms with Crippen LogP contribution in [0.3, 0.4) is 0 Å². The van der Waals surface area contributed by atoms with Gasteiger partial charge in [-0.2, -0.15) is 0 Å². The van der Waals surface area contributed by atoms with Crippen LogP contribution in [0.5, 0.6) is 0 Å². The van der Waals surface area contributed by atoms with Crippen molar-refractivity contribution in [2.45, 2.75) is 33.0 Å². The lowest BCUT2D eigenvalue weighted by atomic mass is 10.2. The van der Waals surface area contributed by atoms with E-state index in [0.29, 0.717) is 25.3 Å². The monoisotopic (exact) mass is 266 g/mol. The first-order chi connectivity index (χ1) is 8.95. The Morgan fingerprint density at radius 3 is 2.68 bits per heavy atom. The third-order valence-electron chi connectivity index (χ3n) is 3.91. The van der Waals surface area contributed by atoms with Gasteiger partial charge in [0.25, 0.3) is 5.91 Å². The van der Waals surface area contributed by atoms with E-state index in [1.165, 1.54) is 0 Å². The van der Waals surface area contributed by atoms with Gasteiger partial charge in [0, 0.05) is 38.1 Å². The number of hydrogen-bond acceptors (Lipinski definition) is 3. The average Bonchev–Trinajstić information content (AvgIpc) is 2.86. The fraction of sp³-hybridized carbons (Fsp3) is 0.643. The van der Waals surface area contributed by atoms with Gasteiger partial charge in [0.05, 0.1) is 11.7 Å². The van der Waals surface area contributed by atoms with E-state index in [1.54, 1.807) is 4.90 Å². The fourth-order valence-corrected chi connectivity index (χ4v) is 2.54. The number of carbonyl (C=O) groups is 1. The Kier molecular flexibility index (Phi) is 3.96. The van der Waals surface area contributed by atoms with Gasteiger partial charge in [0.1, 0.15) is 6.10 Å². The number of nitrogens with zero attached hydrogens (tertiary/aromatic N) is 2. The van der Waals surface area contributed by atoms with Crippen LogP contribution in [-0.4, -0.2) is 52.4 Å². The molecule has 1 aliphatic heterocycles. The van der Waals surface area contributed by atoms with E-state index in [9.17, 15) is 9.90 Å². The molecule has 2 atom stereocenters. The molecule has 1 aromatic heterocycles. The van der Waals surface area contributed by atoms with Crippen molar-refractivity contribution < 1.29 is 14.6 Å². The summed E-state index contributed by atoms with van der Waals surface area (Å²) < 4.78 is 7.44. The summed E-state index contributed by atoms with van der Waals surface area (Å²) in [6.07, 6.45) is -0.854. The summed E-state index contributed by atoms with van der Waals surface area (Å²) in [6.45, 7) is 7.16. The molecule has 0 bridgehead atoms. The van der Waals surface area contributed by atoms with Crippen LogP contribution in [0.15, 0.2) is 6.07 Å². The number of hydrogen-bond donors (Lipinski definition) is 1. The minimum absolute atomic E-state index is 0.0255. The minimum atomic E-state index is -0.589. The summed E-state index contributed by atoms with van der Waals surface area (Å²) in [5, 5.41) is 9.89. The number of rotatable bonds is 3. The Balaban J connectivity index is 2.15. The number of ether oxygens (including phenoxy) is 1. The smallest absolute Gasteiger partial charge is 0.255 e. The van der Waals surface area contributed by atoms with Gasteiger partial charge in [-0.25, -0.2) is 0 Å². The Labute approximate surface area is 113 Å². The number of amides is 1. The highest BCUT2D eigenvalue weighted by molar-refractivity contribution is 5.96. The van der Waals surface area contributed by atoms with Crippen molar-refractivity contribution in [3.05, 3.63) is 23.0 Å². The van der Waals surface area contributed by atoms with Gasteiger partial charge in [-0.1, -0.05) is 0 Å². The summed E-state index contributed by atoms with van der Waals surface area (Å²) in [6, 6.07) is 1.90. The zero-order valence-corrected chi connectivity index (χ0v) is 12.0. The highest BCUT2D eigenvalue weighted by Gasteiger charge is 2.35. The van der Waals surface area contributed by atoms with Crippen molar-refractivity contribution in [2.75, 3.05) is 19.7 Å². The molecule has 0 spiro atoms. The topological polar surface area (TPSA) is 54.7 Å². The van der Waals surface area contributed by atoms with Crippen LogP contribution in [0.1, 0.15) is 28.7 Å². The second-order valence-electron chi connectivity index (χ2n) is 5.12. The van der Waals surface area contributed by atoms with Gasteiger partial charge in [-0.3, -0.25) is 4.79 Å². The van der Waals surface area contributed by atoms with Crippen molar-refractivity contribution in [1.82, 2.24) is 9.47 Å². The normalized spacial score (nSPS) is 23.1. The van der Waals surface area contributed by atoms with Crippen LogP contribution in [0, 0.1) is 13.8 Å². The van der Waals surface area contributed by atoms with Gasteiger partial charge >= 0.3 is 0 Å². The lowest BCUT2D eigenvalue weighted by molar-refractivity contribution is -0.00237. The molecule has 0 saturated carbocycles. The molecule has 1 aliphatic rings. The largest absolute Gasteiger partial charge is 0.388 e. The molecule has 19 heavy (non-hydrogen) atoms. The third-order valence-corrected chi connectivity index (χ3v) is 3.91. The van der Waals surface area contributed by atoms with Crippen molar-refractivity contribution in [3.63, 3.8) is 0 Å². The molecule has 1 N–H and O–H groups in total. The Morgan fingerprint density at radius 2 is 2.16 bits per heavy atom. The lowest BCUT2D eigenvalue weighted by Gasteiger charge is -2.16. The first-order valence-corrected chi connectivity index (χ1v) is 6.67. The van der Waals surface area contributed by atoms with E-state index in [0.717, 1.165) is 11.4 Å². The first-order valence-electron chi connectivity index (χ1n) is 6.67. The molecule has 1 saturated heterocycles. The van der Waals surface area contributed by atoms with Crippen molar-refractivity contribution in [3.8, 4) is 0 Å². The van der Waals surface area contributed by atoms with Crippen molar-refractivity contribution in [1.29, 1.82) is 0 Å². The number of aliphatic hydroxyl groups is 1. The predicted molar refractivity (Wildman–Crippen MR) is 72.2 cm³/mol.